The van der Waals surface area contributed by atoms with Gasteiger partial charge in [0.25, 0.3) is 0 Å². The fourth-order valence-electron chi connectivity index (χ4n) is 3.32. The van der Waals surface area contributed by atoms with Crippen LogP contribution in [0.2, 0.25) is 0 Å². The van der Waals surface area contributed by atoms with Gasteiger partial charge in [0, 0.05) is 19.1 Å². The molecule has 1 aliphatic heterocycles. The van der Waals surface area contributed by atoms with Crippen molar-refractivity contribution in [3.8, 4) is 0 Å². The number of piperidine rings is 1. The van der Waals surface area contributed by atoms with Gasteiger partial charge in [-0.25, -0.2) is 4.79 Å². The van der Waals surface area contributed by atoms with Crippen molar-refractivity contribution in [2.45, 2.75) is 39.3 Å². The molecule has 0 saturated carbocycles. The largest absolute Gasteiger partial charge is 0.478 e. The average molecular weight is 340 g/mol. The number of carboxylic acid groups (broad SMARTS) is 1. The Kier molecular flexibility index (Phi) is 5.28. The Morgan fingerprint density at radius 2 is 2.04 bits per heavy atom. The number of rotatable bonds is 5. The Morgan fingerprint density at radius 3 is 2.76 bits per heavy atom. The van der Waals surface area contributed by atoms with Gasteiger partial charge in [0.2, 0.25) is 0 Å². The number of nitrogens with one attached hydrogen (secondary N) is 1. The SMILES string of the molecule is Cc1nnc(NC2CCCN(Cc3ccccc3)C2)c(C(=O)O)c1C. The van der Waals surface area contributed by atoms with Crippen molar-refractivity contribution >= 4 is 11.8 Å². The number of anilines is 1. The number of hydrogen-bond acceptors (Lipinski definition) is 5. The second kappa shape index (κ2) is 7.61. The molecule has 6 heteroatoms. The third-order valence-corrected chi connectivity index (χ3v) is 4.76. The van der Waals surface area contributed by atoms with Crippen LogP contribution >= 0.6 is 0 Å². The van der Waals surface area contributed by atoms with Gasteiger partial charge >= 0.3 is 5.97 Å². The smallest absolute Gasteiger partial charge is 0.339 e. The first kappa shape index (κ1) is 17.4. The van der Waals surface area contributed by atoms with E-state index in [-0.39, 0.29) is 11.6 Å². The van der Waals surface area contributed by atoms with Gasteiger partial charge in [-0.15, -0.1) is 5.10 Å². The predicted molar refractivity (Wildman–Crippen MR) is 96.8 cm³/mol. The number of likely N-dealkylation sites (tertiary alicyclic amines) is 1. The molecule has 0 radical (unpaired) electrons. The van der Waals surface area contributed by atoms with Gasteiger partial charge in [-0.3, -0.25) is 4.90 Å². The number of carboxylic acids is 1. The molecular weight excluding hydrogens is 316 g/mol. The summed E-state index contributed by atoms with van der Waals surface area (Å²) in [7, 11) is 0. The number of aromatic nitrogens is 2. The number of carbonyl (C=O) groups is 1. The zero-order valence-electron chi connectivity index (χ0n) is 14.7. The molecule has 1 unspecified atom stereocenters. The maximum atomic E-state index is 11.6. The maximum absolute atomic E-state index is 11.6. The summed E-state index contributed by atoms with van der Waals surface area (Å²) in [4.78, 5) is 14.0. The van der Waals surface area contributed by atoms with Crippen molar-refractivity contribution in [3.05, 3.63) is 52.7 Å². The van der Waals surface area contributed by atoms with E-state index >= 15 is 0 Å². The van der Waals surface area contributed by atoms with Crippen LogP contribution in [0, 0.1) is 13.8 Å². The highest BCUT2D eigenvalue weighted by Crippen LogP contribution is 2.22. The molecule has 2 aromatic rings. The summed E-state index contributed by atoms with van der Waals surface area (Å²) in [5.74, 6) is -0.586. The molecule has 0 spiro atoms. The van der Waals surface area contributed by atoms with E-state index in [0.717, 1.165) is 32.5 Å². The second-order valence-electron chi connectivity index (χ2n) is 6.64. The Morgan fingerprint density at radius 1 is 1.28 bits per heavy atom. The van der Waals surface area contributed by atoms with Crippen LogP contribution in [0.4, 0.5) is 5.82 Å². The minimum Gasteiger partial charge on any atom is -0.478 e. The van der Waals surface area contributed by atoms with Crippen LogP contribution < -0.4 is 5.32 Å². The standard InChI is InChI=1S/C19H24N4O2/c1-13-14(2)21-22-18(17(13)19(24)25)20-16-9-6-10-23(12-16)11-15-7-4-3-5-8-15/h3-5,7-8,16H,6,9-12H2,1-2H3,(H,20,22)(H,24,25). The van der Waals surface area contributed by atoms with Gasteiger partial charge in [-0.2, -0.15) is 5.10 Å². The van der Waals surface area contributed by atoms with Crippen LogP contribution in [0.25, 0.3) is 0 Å². The first-order chi connectivity index (χ1) is 12.0. The van der Waals surface area contributed by atoms with Crippen LogP contribution in [0.3, 0.4) is 0 Å². The number of aryl methyl sites for hydroxylation is 1. The average Bonchev–Trinajstić information content (AvgIpc) is 2.59. The maximum Gasteiger partial charge on any atom is 0.339 e. The molecule has 3 rings (SSSR count). The van der Waals surface area contributed by atoms with E-state index < -0.39 is 5.97 Å². The van der Waals surface area contributed by atoms with Crippen LogP contribution in [0.15, 0.2) is 30.3 Å². The third kappa shape index (κ3) is 4.14. The number of nitrogens with zero attached hydrogens (tertiary/aromatic N) is 3. The van der Waals surface area contributed by atoms with Gasteiger partial charge in [-0.1, -0.05) is 30.3 Å². The molecule has 0 amide bonds. The van der Waals surface area contributed by atoms with E-state index in [9.17, 15) is 9.90 Å². The van der Waals surface area contributed by atoms with Gasteiger partial charge < -0.3 is 10.4 Å². The minimum atomic E-state index is -0.963. The lowest BCUT2D eigenvalue weighted by atomic mass is 10.0. The number of benzene rings is 1. The molecule has 1 aromatic heterocycles. The normalized spacial score (nSPS) is 18.1. The molecular formula is C19H24N4O2. The summed E-state index contributed by atoms with van der Waals surface area (Å²) in [5.41, 5.74) is 2.84. The summed E-state index contributed by atoms with van der Waals surface area (Å²) >= 11 is 0. The molecule has 0 aliphatic carbocycles. The number of aromatic carboxylic acids is 1. The lowest BCUT2D eigenvalue weighted by Crippen LogP contribution is -2.42. The van der Waals surface area contributed by atoms with Crippen LogP contribution in [-0.2, 0) is 6.54 Å². The first-order valence-electron chi connectivity index (χ1n) is 8.64. The molecule has 2 N–H and O–H groups in total. The Labute approximate surface area is 147 Å². The quantitative estimate of drug-likeness (QED) is 0.871. The van der Waals surface area contributed by atoms with Gasteiger partial charge in [0.15, 0.2) is 5.82 Å². The topological polar surface area (TPSA) is 78.4 Å². The van der Waals surface area contributed by atoms with E-state index in [4.69, 9.17) is 0 Å². The molecule has 1 saturated heterocycles. The highest BCUT2D eigenvalue weighted by Gasteiger charge is 2.24. The van der Waals surface area contributed by atoms with Crippen molar-refractivity contribution in [2.75, 3.05) is 18.4 Å². The predicted octanol–water partition coefficient (Wildman–Crippen LogP) is 2.87. The monoisotopic (exact) mass is 340 g/mol. The van der Waals surface area contributed by atoms with Crippen molar-refractivity contribution in [2.24, 2.45) is 0 Å². The van der Waals surface area contributed by atoms with Crippen LogP contribution in [0.1, 0.15) is 40.0 Å². The molecule has 25 heavy (non-hydrogen) atoms. The van der Waals surface area contributed by atoms with Crippen LogP contribution in [0.5, 0.6) is 0 Å². The molecule has 1 atom stereocenters. The van der Waals surface area contributed by atoms with E-state index in [1.54, 1.807) is 13.8 Å². The molecule has 132 valence electrons. The number of hydrogen-bond donors (Lipinski definition) is 2. The molecule has 1 aromatic carbocycles. The Bertz CT molecular complexity index is 749. The van der Waals surface area contributed by atoms with Crippen molar-refractivity contribution < 1.29 is 9.90 Å². The van der Waals surface area contributed by atoms with Crippen molar-refractivity contribution in [1.82, 2.24) is 15.1 Å². The fourth-order valence-corrected chi connectivity index (χ4v) is 3.32. The van der Waals surface area contributed by atoms with Crippen molar-refractivity contribution in [1.29, 1.82) is 0 Å². The van der Waals surface area contributed by atoms with E-state index in [1.807, 2.05) is 6.07 Å². The van der Waals surface area contributed by atoms with E-state index in [1.165, 1.54) is 5.56 Å². The highest BCUT2D eigenvalue weighted by molar-refractivity contribution is 5.94. The zero-order valence-corrected chi connectivity index (χ0v) is 14.7. The molecule has 6 nitrogen and oxygen atoms in total. The van der Waals surface area contributed by atoms with E-state index in [0.29, 0.717) is 17.1 Å². The van der Waals surface area contributed by atoms with Gasteiger partial charge in [0.05, 0.1) is 5.69 Å². The van der Waals surface area contributed by atoms with E-state index in [2.05, 4.69) is 44.7 Å². The van der Waals surface area contributed by atoms with Crippen molar-refractivity contribution in [3.63, 3.8) is 0 Å². The van der Waals surface area contributed by atoms with Crippen LogP contribution in [-0.4, -0.2) is 45.3 Å². The summed E-state index contributed by atoms with van der Waals surface area (Å²) in [6, 6.07) is 10.6. The second-order valence-corrected chi connectivity index (χ2v) is 6.64. The summed E-state index contributed by atoms with van der Waals surface area (Å²) in [5, 5.41) is 21.0. The summed E-state index contributed by atoms with van der Waals surface area (Å²) < 4.78 is 0. The Hall–Kier alpha value is -2.47. The summed E-state index contributed by atoms with van der Waals surface area (Å²) in [6.07, 6.45) is 2.07. The molecule has 1 aliphatic rings. The summed E-state index contributed by atoms with van der Waals surface area (Å²) in [6.45, 7) is 6.38. The molecule has 1 fully saturated rings. The molecule has 2 heterocycles. The lowest BCUT2D eigenvalue weighted by molar-refractivity contribution is 0.0696. The zero-order chi connectivity index (χ0) is 17.8. The first-order valence-corrected chi connectivity index (χ1v) is 8.64. The van der Waals surface area contributed by atoms with Gasteiger partial charge in [0.1, 0.15) is 5.56 Å². The lowest BCUT2D eigenvalue weighted by Gasteiger charge is -2.33. The minimum absolute atomic E-state index is 0.173. The highest BCUT2D eigenvalue weighted by atomic mass is 16.4. The Balaban J connectivity index is 1.71. The van der Waals surface area contributed by atoms with Gasteiger partial charge in [-0.05, 0) is 44.4 Å². The fraction of sp³-hybridized carbons (Fsp3) is 0.421. The third-order valence-electron chi connectivity index (χ3n) is 4.76. The molecule has 0 bridgehead atoms.